The lowest BCUT2D eigenvalue weighted by Crippen LogP contribution is -2.57. The van der Waals surface area contributed by atoms with Gasteiger partial charge in [0, 0.05) is 12.1 Å². The molecule has 1 atom stereocenters. The lowest BCUT2D eigenvalue weighted by molar-refractivity contribution is -0.115. The molecule has 2 N–H and O–H groups in total. The maximum atomic E-state index is 12.0. The fraction of sp³-hybridized carbons (Fsp3) is 0.600. The Hall–Kier alpha value is -1.62. The van der Waals surface area contributed by atoms with Crippen molar-refractivity contribution in [3.8, 4) is 0 Å². The summed E-state index contributed by atoms with van der Waals surface area (Å²) in [6.45, 7) is 2.24. The van der Waals surface area contributed by atoms with E-state index in [9.17, 15) is 4.79 Å². The number of hydrogen-bond donors (Lipinski definition) is 2. The van der Waals surface area contributed by atoms with Crippen molar-refractivity contribution < 1.29 is 9.21 Å². The van der Waals surface area contributed by atoms with Gasteiger partial charge < -0.3 is 9.73 Å². The van der Waals surface area contributed by atoms with Crippen LogP contribution in [0.3, 0.4) is 0 Å². The highest BCUT2D eigenvalue weighted by atomic mass is 32.1. The maximum Gasteiger partial charge on any atom is 0.250 e. The topological polar surface area (TPSA) is 54.3 Å². The molecule has 1 aromatic heterocycles. The second-order valence-corrected chi connectivity index (χ2v) is 8.72. The van der Waals surface area contributed by atoms with E-state index in [1.807, 2.05) is 0 Å². The number of carbonyl (C=O) groups is 1. The molecule has 0 aliphatic heterocycles. The molecule has 1 aromatic rings. The van der Waals surface area contributed by atoms with Gasteiger partial charge in [0.2, 0.25) is 5.91 Å². The molecule has 4 aliphatic carbocycles. The smallest absolute Gasteiger partial charge is 0.250 e. The van der Waals surface area contributed by atoms with E-state index in [1.54, 1.807) is 24.5 Å². The van der Waals surface area contributed by atoms with E-state index in [0.717, 1.165) is 17.8 Å². The summed E-state index contributed by atoms with van der Waals surface area (Å²) in [7, 11) is 0. The van der Waals surface area contributed by atoms with E-state index in [1.165, 1.54) is 44.6 Å². The van der Waals surface area contributed by atoms with Crippen molar-refractivity contribution in [2.75, 3.05) is 0 Å². The maximum absolute atomic E-state index is 12.0. The first-order chi connectivity index (χ1) is 12.0. The van der Waals surface area contributed by atoms with Crippen LogP contribution in [-0.2, 0) is 4.79 Å². The number of furan rings is 1. The molecule has 25 heavy (non-hydrogen) atoms. The Morgan fingerprint density at radius 2 is 1.92 bits per heavy atom. The SMILES string of the molecule is CC(NC(=S)NC(=O)C=Cc1ccco1)C12CC3CC(CC(C3)C1)C2. The molecule has 5 rings (SSSR count). The van der Waals surface area contributed by atoms with Gasteiger partial charge in [-0.2, -0.15) is 0 Å². The third kappa shape index (κ3) is 3.52. The zero-order chi connectivity index (χ0) is 17.4. The average Bonchev–Trinajstić information content (AvgIpc) is 3.05. The van der Waals surface area contributed by atoms with Gasteiger partial charge in [0.1, 0.15) is 5.76 Å². The van der Waals surface area contributed by atoms with Crippen LogP contribution in [0.4, 0.5) is 0 Å². The monoisotopic (exact) mass is 358 g/mol. The molecule has 4 saturated carbocycles. The fourth-order valence-corrected chi connectivity index (χ4v) is 6.07. The summed E-state index contributed by atoms with van der Waals surface area (Å²) in [6.07, 6.45) is 12.9. The van der Waals surface area contributed by atoms with Gasteiger partial charge in [0.25, 0.3) is 0 Å². The second-order valence-electron chi connectivity index (χ2n) is 8.31. The molecular weight excluding hydrogens is 332 g/mol. The summed E-state index contributed by atoms with van der Waals surface area (Å²) < 4.78 is 5.18. The van der Waals surface area contributed by atoms with Crippen LogP contribution in [0.15, 0.2) is 28.9 Å². The minimum absolute atomic E-state index is 0.230. The third-order valence-electron chi connectivity index (χ3n) is 6.53. The minimum Gasteiger partial charge on any atom is -0.465 e. The average molecular weight is 359 g/mol. The first-order valence-corrected chi connectivity index (χ1v) is 9.76. The molecule has 1 unspecified atom stereocenters. The molecule has 0 saturated heterocycles. The van der Waals surface area contributed by atoms with Gasteiger partial charge in [0.05, 0.1) is 6.26 Å². The van der Waals surface area contributed by atoms with Crippen LogP contribution >= 0.6 is 12.2 Å². The van der Waals surface area contributed by atoms with Crippen molar-refractivity contribution in [3.05, 3.63) is 30.2 Å². The highest BCUT2D eigenvalue weighted by molar-refractivity contribution is 7.80. The van der Waals surface area contributed by atoms with Gasteiger partial charge >= 0.3 is 0 Å². The lowest BCUT2D eigenvalue weighted by atomic mass is 9.48. The van der Waals surface area contributed by atoms with E-state index in [0.29, 0.717) is 22.3 Å². The van der Waals surface area contributed by atoms with Crippen molar-refractivity contribution in [1.82, 2.24) is 10.6 Å². The summed E-state index contributed by atoms with van der Waals surface area (Å²) in [4.78, 5) is 12.0. The largest absolute Gasteiger partial charge is 0.465 e. The Morgan fingerprint density at radius 1 is 1.28 bits per heavy atom. The van der Waals surface area contributed by atoms with Gasteiger partial charge in [-0.3, -0.25) is 10.1 Å². The molecule has 134 valence electrons. The fourth-order valence-electron chi connectivity index (χ4n) is 5.79. The molecule has 0 spiro atoms. The predicted molar refractivity (Wildman–Crippen MR) is 102 cm³/mol. The number of thiocarbonyl (C=S) groups is 1. The summed E-state index contributed by atoms with van der Waals surface area (Å²) >= 11 is 5.38. The molecular formula is C20H26N2O2S. The number of nitrogens with one attached hydrogen (secondary N) is 2. The van der Waals surface area contributed by atoms with Crippen LogP contribution in [-0.4, -0.2) is 17.1 Å². The minimum atomic E-state index is -0.230. The third-order valence-corrected chi connectivity index (χ3v) is 6.75. The van der Waals surface area contributed by atoms with E-state index < -0.39 is 0 Å². The predicted octanol–water partition coefficient (Wildman–Crippen LogP) is 3.89. The summed E-state index contributed by atoms with van der Waals surface area (Å²) in [5, 5.41) is 6.59. The van der Waals surface area contributed by atoms with Gasteiger partial charge in [-0.05, 0) is 99.0 Å². The van der Waals surface area contributed by atoms with E-state index in [-0.39, 0.29) is 5.91 Å². The van der Waals surface area contributed by atoms with Crippen LogP contribution < -0.4 is 10.6 Å². The van der Waals surface area contributed by atoms with Crippen molar-refractivity contribution in [2.24, 2.45) is 23.2 Å². The summed E-state index contributed by atoms with van der Waals surface area (Å²) in [5.74, 6) is 3.15. The Labute approximate surface area is 154 Å². The Kier molecular flexibility index (Phi) is 4.44. The Bertz CT molecular complexity index is 645. The summed E-state index contributed by atoms with van der Waals surface area (Å²) in [5.41, 5.74) is 0.369. The second kappa shape index (κ2) is 6.60. The highest BCUT2D eigenvalue weighted by Gasteiger charge is 2.53. The molecule has 4 nitrogen and oxygen atoms in total. The van der Waals surface area contributed by atoms with Gasteiger partial charge in [-0.1, -0.05) is 0 Å². The number of rotatable bonds is 4. The van der Waals surface area contributed by atoms with E-state index >= 15 is 0 Å². The van der Waals surface area contributed by atoms with Crippen LogP contribution in [0.1, 0.15) is 51.2 Å². The zero-order valence-electron chi connectivity index (χ0n) is 14.7. The Morgan fingerprint density at radius 3 is 2.48 bits per heavy atom. The molecule has 0 radical (unpaired) electrons. The highest BCUT2D eigenvalue weighted by Crippen LogP contribution is 2.61. The van der Waals surface area contributed by atoms with Crippen LogP contribution in [0.25, 0.3) is 6.08 Å². The first kappa shape index (κ1) is 16.8. The van der Waals surface area contributed by atoms with Crippen molar-refractivity contribution in [2.45, 2.75) is 51.5 Å². The van der Waals surface area contributed by atoms with Crippen molar-refractivity contribution >= 4 is 29.3 Å². The van der Waals surface area contributed by atoms with E-state index in [4.69, 9.17) is 16.6 Å². The standard InChI is InChI=1S/C20H26N2O2S/c1-13(20-10-14-7-15(11-20)9-16(8-14)12-20)21-19(25)22-18(23)5-4-17-3-2-6-24-17/h2-6,13-16H,7-12H2,1H3,(H2,21,22,23,25). The lowest BCUT2D eigenvalue weighted by Gasteiger charge is -2.59. The number of hydrogen-bond acceptors (Lipinski definition) is 3. The number of carbonyl (C=O) groups excluding carboxylic acids is 1. The van der Waals surface area contributed by atoms with Crippen LogP contribution in [0.5, 0.6) is 0 Å². The van der Waals surface area contributed by atoms with E-state index in [2.05, 4.69) is 17.6 Å². The number of amides is 1. The van der Waals surface area contributed by atoms with Crippen LogP contribution in [0, 0.1) is 23.2 Å². The molecule has 4 fully saturated rings. The molecule has 4 bridgehead atoms. The van der Waals surface area contributed by atoms with Crippen LogP contribution in [0.2, 0.25) is 0 Å². The molecule has 1 heterocycles. The summed E-state index contributed by atoms with van der Waals surface area (Å²) in [6, 6.07) is 3.90. The molecule has 4 aliphatic rings. The Balaban J connectivity index is 1.32. The van der Waals surface area contributed by atoms with Crippen molar-refractivity contribution in [3.63, 3.8) is 0 Å². The first-order valence-electron chi connectivity index (χ1n) is 9.35. The van der Waals surface area contributed by atoms with Crippen molar-refractivity contribution in [1.29, 1.82) is 0 Å². The van der Waals surface area contributed by atoms with Gasteiger partial charge in [-0.15, -0.1) is 0 Å². The van der Waals surface area contributed by atoms with Gasteiger partial charge in [0.15, 0.2) is 5.11 Å². The molecule has 5 heteroatoms. The quantitative estimate of drug-likeness (QED) is 0.633. The molecule has 1 amide bonds. The van der Waals surface area contributed by atoms with Gasteiger partial charge in [-0.25, -0.2) is 0 Å². The molecule has 0 aromatic carbocycles. The normalized spacial score (nSPS) is 34.2. The zero-order valence-corrected chi connectivity index (χ0v) is 15.5.